The Morgan fingerprint density at radius 1 is 1.08 bits per heavy atom. The minimum Gasteiger partial charge on any atom is -0.296 e. The molecule has 2 aromatic rings. The first-order chi connectivity index (χ1) is 12.0. The van der Waals surface area contributed by atoms with Crippen molar-refractivity contribution in [2.45, 2.75) is 33.1 Å². The number of benzene rings is 2. The fourth-order valence-corrected chi connectivity index (χ4v) is 3.02. The van der Waals surface area contributed by atoms with Crippen molar-refractivity contribution in [3.63, 3.8) is 0 Å². The van der Waals surface area contributed by atoms with Gasteiger partial charge in [-0.05, 0) is 55.2 Å². The van der Waals surface area contributed by atoms with E-state index in [4.69, 9.17) is 0 Å². The SMILES string of the molecule is CCCN=CC1C(=O)N(c2ccc(C)c(C)c2)C(=O)c2ccccc21. The highest BCUT2D eigenvalue weighted by Crippen LogP contribution is 2.32. The molecule has 0 N–H and O–H groups in total. The van der Waals surface area contributed by atoms with Crippen LogP contribution in [0.5, 0.6) is 0 Å². The standard InChI is InChI=1S/C21H22N2O2/c1-4-11-22-13-19-17-7-5-6-8-18(17)20(24)23(21(19)25)16-10-9-14(2)15(3)12-16/h5-10,12-13,19H,4,11H2,1-3H3. The lowest BCUT2D eigenvalue weighted by Crippen LogP contribution is -2.45. The maximum atomic E-state index is 13.1. The second-order valence-corrected chi connectivity index (χ2v) is 6.37. The van der Waals surface area contributed by atoms with E-state index in [1.165, 1.54) is 4.90 Å². The largest absolute Gasteiger partial charge is 0.296 e. The lowest BCUT2D eigenvalue weighted by Gasteiger charge is -2.31. The molecule has 1 atom stereocenters. The number of nitrogens with zero attached hydrogens (tertiary/aromatic N) is 2. The van der Waals surface area contributed by atoms with Crippen LogP contribution in [0.2, 0.25) is 0 Å². The van der Waals surface area contributed by atoms with E-state index < -0.39 is 5.92 Å². The Kier molecular flexibility index (Phi) is 4.79. The van der Waals surface area contributed by atoms with Crippen LogP contribution in [0.4, 0.5) is 5.69 Å². The van der Waals surface area contributed by atoms with Gasteiger partial charge >= 0.3 is 0 Å². The van der Waals surface area contributed by atoms with Gasteiger partial charge in [0, 0.05) is 18.3 Å². The van der Waals surface area contributed by atoms with Gasteiger partial charge in [0.05, 0.1) is 11.6 Å². The normalized spacial score (nSPS) is 17.2. The predicted molar refractivity (Wildman–Crippen MR) is 101 cm³/mol. The number of rotatable bonds is 4. The van der Waals surface area contributed by atoms with Gasteiger partial charge in [-0.2, -0.15) is 0 Å². The number of carbonyl (C=O) groups is 2. The summed E-state index contributed by atoms with van der Waals surface area (Å²) in [6, 6.07) is 12.9. The quantitative estimate of drug-likeness (QED) is 0.625. The molecule has 1 aliphatic rings. The molecule has 2 amide bonds. The molecule has 2 aromatic carbocycles. The van der Waals surface area contributed by atoms with Crippen LogP contribution >= 0.6 is 0 Å². The van der Waals surface area contributed by atoms with Gasteiger partial charge in [-0.15, -0.1) is 0 Å². The summed E-state index contributed by atoms with van der Waals surface area (Å²) in [6.45, 7) is 6.70. The molecule has 0 radical (unpaired) electrons. The molecule has 0 fully saturated rings. The number of fused-ring (bicyclic) bond motifs is 1. The summed E-state index contributed by atoms with van der Waals surface area (Å²) in [5.74, 6) is -1.04. The zero-order valence-electron chi connectivity index (χ0n) is 14.8. The zero-order chi connectivity index (χ0) is 18.0. The van der Waals surface area contributed by atoms with E-state index in [1.54, 1.807) is 12.3 Å². The third-order valence-electron chi connectivity index (χ3n) is 4.57. The van der Waals surface area contributed by atoms with Gasteiger partial charge in [-0.25, -0.2) is 4.90 Å². The van der Waals surface area contributed by atoms with Gasteiger partial charge in [0.2, 0.25) is 5.91 Å². The molecule has 25 heavy (non-hydrogen) atoms. The number of imide groups is 1. The van der Waals surface area contributed by atoms with E-state index in [-0.39, 0.29) is 11.8 Å². The monoisotopic (exact) mass is 334 g/mol. The molecule has 0 aliphatic carbocycles. The van der Waals surface area contributed by atoms with Crippen LogP contribution in [0.25, 0.3) is 0 Å². The first-order valence-electron chi connectivity index (χ1n) is 8.59. The average molecular weight is 334 g/mol. The van der Waals surface area contributed by atoms with Crippen LogP contribution in [-0.2, 0) is 4.79 Å². The molecule has 0 saturated carbocycles. The van der Waals surface area contributed by atoms with Crippen molar-refractivity contribution in [3.05, 3.63) is 64.7 Å². The molecule has 0 spiro atoms. The molecule has 1 heterocycles. The number of aliphatic imine (C=N–C) groups is 1. The maximum Gasteiger partial charge on any atom is 0.265 e. The highest BCUT2D eigenvalue weighted by molar-refractivity contribution is 6.29. The van der Waals surface area contributed by atoms with Crippen LogP contribution in [0.3, 0.4) is 0 Å². The Balaban J connectivity index is 2.10. The van der Waals surface area contributed by atoms with Crippen molar-refractivity contribution in [1.29, 1.82) is 0 Å². The van der Waals surface area contributed by atoms with E-state index in [9.17, 15) is 9.59 Å². The third kappa shape index (κ3) is 3.12. The summed E-state index contributed by atoms with van der Waals surface area (Å²) in [6.07, 6.45) is 2.60. The Labute approximate surface area is 148 Å². The summed E-state index contributed by atoms with van der Waals surface area (Å²) in [7, 11) is 0. The fourth-order valence-electron chi connectivity index (χ4n) is 3.02. The molecule has 4 nitrogen and oxygen atoms in total. The van der Waals surface area contributed by atoms with Crippen LogP contribution in [0.1, 0.15) is 46.3 Å². The molecule has 1 unspecified atom stereocenters. The van der Waals surface area contributed by atoms with Crippen molar-refractivity contribution < 1.29 is 9.59 Å². The molecule has 0 aromatic heterocycles. The topological polar surface area (TPSA) is 49.7 Å². The van der Waals surface area contributed by atoms with E-state index in [1.807, 2.05) is 57.2 Å². The number of anilines is 1. The highest BCUT2D eigenvalue weighted by Gasteiger charge is 2.38. The molecular weight excluding hydrogens is 312 g/mol. The smallest absolute Gasteiger partial charge is 0.265 e. The Morgan fingerprint density at radius 3 is 2.56 bits per heavy atom. The van der Waals surface area contributed by atoms with Gasteiger partial charge in [0.15, 0.2) is 0 Å². The molecule has 1 aliphatic heterocycles. The Bertz CT molecular complexity index is 855. The van der Waals surface area contributed by atoms with E-state index in [0.717, 1.165) is 23.1 Å². The van der Waals surface area contributed by atoms with Gasteiger partial charge in [0.1, 0.15) is 0 Å². The highest BCUT2D eigenvalue weighted by atomic mass is 16.2. The maximum absolute atomic E-state index is 13.1. The molecule has 4 heteroatoms. The summed E-state index contributed by atoms with van der Waals surface area (Å²) in [5, 5.41) is 0. The second-order valence-electron chi connectivity index (χ2n) is 6.37. The minimum atomic E-state index is -0.526. The fraction of sp³-hybridized carbons (Fsp3) is 0.286. The van der Waals surface area contributed by atoms with Crippen LogP contribution in [0.15, 0.2) is 47.5 Å². The second kappa shape index (κ2) is 7.01. The number of aryl methyl sites for hydroxylation is 2. The summed E-state index contributed by atoms with van der Waals surface area (Å²) in [5.41, 5.74) is 4.09. The predicted octanol–water partition coefficient (Wildman–Crippen LogP) is 4.05. The van der Waals surface area contributed by atoms with Crippen molar-refractivity contribution in [2.24, 2.45) is 4.99 Å². The zero-order valence-corrected chi connectivity index (χ0v) is 14.8. The van der Waals surface area contributed by atoms with Crippen molar-refractivity contribution in [1.82, 2.24) is 0 Å². The number of amides is 2. The number of hydrogen-bond donors (Lipinski definition) is 0. The van der Waals surface area contributed by atoms with Crippen molar-refractivity contribution in [3.8, 4) is 0 Å². The molecular formula is C21H22N2O2. The first kappa shape index (κ1) is 17.1. The van der Waals surface area contributed by atoms with Crippen LogP contribution < -0.4 is 4.90 Å². The summed E-state index contributed by atoms with van der Waals surface area (Å²) < 4.78 is 0. The molecule has 0 bridgehead atoms. The van der Waals surface area contributed by atoms with Crippen LogP contribution in [0, 0.1) is 13.8 Å². The van der Waals surface area contributed by atoms with Gasteiger partial charge in [0.25, 0.3) is 5.91 Å². The van der Waals surface area contributed by atoms with Gasteiger partial charge in [-0.3, -0.25) is 14.6 Å². The summed E-state index contributed by atoms with van der Waals surface area (Å²) in [4.78, 5) is 31.7. The average Bonchev–Trinajstić information content (AvgIpc) is 2.61. The van der Waals surface area contributed by atoms with Crippen molar-refractivity contribution in [2.75, 3.05) is 11.4 Å². The Hall–Kier alpha value is -2.75. The molecule has 128 valence electrons. The first-order valence-corrected chi connectivity index (χ1v) is 8.59. The number of carbonyl (C=O) groups excluding carboxylic acids is 2. The Morgan fingerprint density at radius 2 is 1.84 bits per heavy atom. The van der Waals surface area contributed by atoms with E-state index in [2.05, 4.69) is 4.99 Å². The number of hydrogen-bond acceptors (Lipinski definition) is 3. The van der Waals surface area contributed by atoms with Crippen molar-refractivity contribution >= 4 is 23.7 Å². The molecule has 0 saturated heterocycles. The lowest BCUT2D eigenvalue weighted by atomic mass is 9.88. The lowest BCUT2D eigenvalue weighted by molar-refractivity contribution is -0.118. The van der Waals surface area contributed by atoms with Crippen LogP contribution in [-0.4, -0.2) is 24.6 Å². The molecule has 3 rings (SSSR count). The third-order valence-corrected chi connectivity index (χ3v) is 4.57. The summed E-state index contributed by atoms with van der Waals surface area (Å²) >= 11 is 0. The van der Waals surface area contributed by atoms with Gasteiger partial charge in [-0.1, -0.05) is 31.2 Å². The van der Waals surface area contributed by atoms with E-state index in [0.29, 0.717) is 17.8 Å². The van der Waals surface area contributed by atoms with E-state index >= 15 is 0 Å². The minimum absolute atomic E-state index is 0.244. The van der Waals surface area contributed by atoms with Gasteiger partial charge < -0.3 is 0 Å².